The highest BCUT2D eigenvalue weighted by Crippen LogP contribution is 2.18. The van der Waals surface area contributed by atoms with E-state index in [1.54, 1.807) is 6.07 Å². The Morgan fingerprint density at radius 3 is 2.93 bits per heavy atom. The highest BCUT2D eigenvalue weighted by Gasteiger charge is 2.05. The second-order valence-electron chi connectivity index (χ2n) is 2.74. The van der Waals surface area contributed by atoms with E-state index in [1.165, 1.54) is 12.1 Å². The summed E-state index contributed by atoms with van der Waals surface area (Å²) in [6.45, 7) is 0. The fourth-order valence-corrected chi connectivity index (χ4v) is 1.33. The minimum Gasteiger partial charge on any atom is -0.207 e. The molecule has 1 heterocycles. The Balaban J connectivity index is 2.25. The fourth-order valence-electron chi connectivity index (χ4n) is 1.09. The minimum absolute atomic E-state index is 0.355. The predicted molar refractivity (Wildman–Crippen MR) is 48.4 cm³/mol. The smallest absolute Gasteiger partial charge is 0.178 e. The molecular weight excluding hydrogens is 207 g/mol. The summed E-state index contributed by atoms with van der Waals surface area (Å²) in [7, 11) is 0. The third-order valence-corrected chi connectivity index (χ3v) is 2.10. The summed E-state index contributed by atoms with van der Waals surface area (Å²) < 4.78 is 12.7. The van der Waals surface area contributed by atoms with Gasteiger partial charge in [-0.25, -0.2) is 4.39 Å². The van der Waals surface area contributed by atoms with Gasteiger partial charge in [-0.15, -0.1) is 10.2 Å². The standard InChI is InChI=1S/C8H6ClFN4/c9-7-4-6(10)2-1-5(7)3-8-11-13-14-12-8/h1-2,4H,3H2,(H,11,12,13,14). The lowest BCUT2D eigenvalue weighted by Crippen LogP contribution is -1.92. The first-order valence-corrected chi connectivity index (χ1v) is 4.30. The Kier molecular flexibility index (Phi) is 2.41. The van der Waals surface area contributed by atoms with Gasteiger partial charge in [0.15, 0.2) is 5.82 Å². The Bertz CT molecular complexity index is 429. The van der Waals surface area contributed by atoms with Crippen LogP contribution in [0.5, 0.6) is 0 Å². The monoisotopic (exact) mass is 212 g/mol. The van der Waals surface area contributed by atoms with Crippen molar-refractivity contribution >= 4 is 11.6 Å². The van der Waals surface area contributed by atoms with Crippen molar-refractivity contribution in [3.8, 4) is 0 Å². The van der Waals surface area contributed by atoms with Crippen molar-refractivity contribution in [2.45, 2.75) is 6.42 Å². The van der Waals surface area contributed by atoms with Crippen molar-refractivity contribution in [1.29, 1.82) is 0 Å². The summed E-state index contributed by atoms with van der Waals surface area (Å²) in [6, 6.07) is 4.21. The van der Waals surface area contributed by atoms with Crippen molar-refractivity contribution in [3.63, 3.8) is 0 Å². The first-order valence-electron chi connectivity index (χ1n) is 3.92. The summed E-state index contributed by atoms with van der Waals surface area (Å²) in [5.41, 5.74) is 0.773. The van der Waals surface area contributed by atoms with Crippen LogP contribution in [0, 0.1) is 5.82 Å². The number of hydrogen-bond donors (Lipinski definition) is 1. The molecule has 0 spiro atoms. The zero-order valence-corrected chi connectivity index (χ0v) is 7.79. The van der Waals surface area contributed by atoms with Crippen LogP contribution < -0.4 is 0 Å². The van der Waals surface area contributed by atoms with Crippen molar-refractivity contribution in [1.82, 2.24) is 20.6 Å². The van der Waals surface area contributed by atoms with Crippen LogP contribution in [0.25, 0.3) is 0 Å². The molecular formula is C8H6ClFN4. The van der Waals surface area contributed by atoms with Gasteiger partial charge in [-0.05, 0) is 17.7 Å². The molecule has 4 nitrogen and oxygen atoms in total. The van der Waals surface area contributed by atoms with E-state index < -0.39 is 0 Å². The van der Waals surface area contributed by atoms with Crippen LogP contribution in [0.15, 0.2) is 18.2 Å². The van der Waals surface area contributed by atoms with Crippen LogP contribution in [0.2, 0.25) is 5.02 Å². The van der Waals surface area contributed by atoms with Crippen molar-refractivity contribution < 1.29 is 4.39 Å². The molecule has 0 aliphatic rings. The Hall–Kier alpha value is -1.49. The van der Waals surface area contributed by atoms with E-state index in [4.69, 9.17) is 11.6 Å². The Labute approximate surface area is 84.1 Å². The van der Waals surface area contributed by atoms with Gasteiger partial charge < -0.3 is 0 Å². The number of nitrogens with one attached hydrogen (secondary N) is 1. The lowest BCUT2D eigenvalue weighted by molar-refractivity contribution is 0.627. The molecule has 72 valence electrons. The van der Waals surface area contributed by atoms with Crippen molar-refractivity contribution in [2.75, 3.05) is 0 Å². The number of hydrogen-bond acceptors (Lipinski definition) is 3. The van der Waals surface area contributed by atoms with Crippen LogP contribution in [-0.2, 0) is 6.42 Å². The molecule has 2 rings (SSSR count). The third kappa shape index (κ3) is 1.88. The summed E-state index contributed by atoms with van der Waals surface area (Å²) in [4.78, 5) is 0. The summed E-state index contributed by atoms with van der Waals surface area (Å²) >= 11 is 5.82. The zero-order valence-electron chi connectivity index (χ0n) is 7.04. The van der Waals surface area contributed by atoms with Gasteiger partial charge in [0.05, 0.1) is 0 Å². The lowest BCUT2D eigenvalue weighted by Gasteiger charge is -2.00. The quantitative estimate of drug-likeness (QED) is 0.823. The van der Waals surface area contributed by atoms with Crippen LogP contribution >= 0.6 is 11.6 Å². The molecule has 1 aromatic carbocycles. The topological polar surface area (TPSA) is 54.5 Å². The Morgan fingerprint density at radius 1 is 1.43 bits per heavy atom. The van der Waals surface area contributed by atoms with E-state index in [0.29, 0.717) is 17.3 Å². The number of benzene rings is 1. The average Bonchev–Trinajstić information content (AvgIpc) is 2.62. The molecule has 0 radical (unpaired) electrons. The number of rotatable bonds is 2. The van der Waals surface area contributed by atoms with Gasteiger partial charge in [-0.3, -0.25) is 0 Å². The molecule has 6 heteroatoms. The molecule has 0 amide bonds. The summed E-state index contributed by atoms with van der Waals surface area (Å²) in [6.07, 6.45) is 0.440. The second kappa shape index (κ2) is 3.71. The molecule has 0 fully saturated rings. The summed E-state index contributed by atoms with van der Waals surface area (Å²) in [5.74, 6) is 0.172. The number of aromatic nitrogens is 4. The van der Waals surface area contributed by atoms with Gasteiger partial charge in [0.2, 0.25) is 0 Å². The number of tetrazole rings is 1. The molecule has 1 aromatic heterocycles. The first kappa shape index (κ1) is 9.08. The SMILES string of the molecule is Fc1ccc(Cc2nn[nH]n2)c(Cl)c1. The average molecular weight is 213 g/mol. The van der Waals surface area contributed by atoms with Gasteiger partial charge in [0.25, 0.3) is 0 Å². The highest BCUT2D eigenvalue weighted by molar-refractivity contribution is 6.31. The first-order chi connectivity index (χ1) is 6.75. The van der Waals surface area contributed by atoms with Crippen LogP contribution in [0.1, 0.15) is 11.4 Å². The molecule has 0 atom stereocenters. The van der Waals surface area contributed by atoms with Crippen LogP contribution in [0.3, 0.4) is 0 Å². The maximum atomic E-state index is 12.7. The van der Waals surface area contributed by atoms with Gasteiger partial charge in [0.1, 0.15) is 5.82 Å². The van der Waals surface area contributed by atoms with Crippen molar-refractivity contribution in [3.05, 3.63) is 40.4 Å². The van der Waals surface area contributed by atoms with E-state index >= 15 is 0 Å². The van der Waals surface area contributed by atoms with E-state index in [0.717, 1.165) is 5.56 Å². The zero-order chi connectivity index (χ0) is 9.97. The normalized spacial score (nSPS) is 10.4. The maximum absolute atomic E-state index is 12.7. The van der Waals surface area contributed by atoms with Gasteiger partial charge in [-0.1, -0.05) is 22.9 Å². The maximum Gasteiger partial charge on any atom is 0.178 e. The van der Waals surface area contributed by atoms with E-state index in [2.05, 4.69) is 20.6 Å². The highest BCUT2D eigenvalue weighted by atomic mass is 35.5. The molecule has 0 aliphatic heterocycles. The fraction of sp³-hybridized carbons (Fsp3) is 0.125. The lowest BCUT2D eigenvalue weighted by atomic mass is 10.1. The van der Waals surface area contributed by atoms with Gasteiger partial charge >= 0.3 is 0 Å². The molecule has 0 saturated heterocycles. The predicted octanol–water partition coefficient (Wildman–Crippen LogP) is 1.58. The van der Waals surface area contributed by atoms with Crippen LogP contribution in [-0.4, -0.2) is 20.6 Å². The number of H-pyrrole nitrogens is 1. The molecule has 0 aliphatic carbocycles. The number of nitrogens with zero attached hydrogens (tertiary/aromatic N) is 3. The number of aromatic amines is 1. The molecule has 0 unspecified atom stereocenters. The third-order valence-electron chi connectivity index (χ3n) is 1.75. The Morgan fingerprint density at radius 2 is 2.29 bits per heavy atom. The van der Waals surface area contributed by atoms with Crippen LogP contribution in [0.4, 0.5) is 4.39 Å². The van der Waals surface area contributed by atoms with E-state index in [-0.39, 0.29) is 5.82 Å². The molecule has 14 heavy (non-hydrogen) atoms. The van der Waals surface area contributed by atoms with E-state index in [1.807, 2.05) is 0 Å². The van der Waals surface area contributed by atoms with Gasteiger partial charge in [0, 0.05) is 11.4 Å². The van der Waals surface area contributed by atoms with E-state index in [9.17, 15) is 4.39 Å². The second-order valence-corrected chi connectivity index (χ2v) is 3.15. The molecule has 1 N–H and O–H groups in total. The number of halogens is 2. The van der Waals surface area contributed by atoms with Crippen molar-refractivity contribution in [2.24, 2.45) is 0 Å². The minimum atomic E-state index is -0.355. The molecule has 0 bridgehead atoms. The molecule has 2 aromatic rings. The van der Waals surface area contributed by atoms with Gasteiger partial charge in [-0.2, -0.15) is 5.21 Å². The largest absolute Gasteiger partial charge is 0.207 e. The molecule has 0 saturated carbocycles. The summed E-state index contributed by atoms with van der Waals surface area (Å²) in [5, 5.41) is 13.7.